The molecular formula is C23H19N3O3. The van der Waals surface area contributed by atoms with E-state index in [1.165, 1.54) is 0 Å². The Balaban J connectivity index is 1.39. The molecule has 1 aromatic heterocycles. The predicted octanol–water partition coefficient (Wildman–Crippen LogP) is 4.88. The molecule has 29 heavy (non-hydrogen) atoms. The van der Waals surface area contributed by atoms with Gasteiger partial charge in [0.25, 0.3) is 11.8 Å². The Hall–Kier alpha value is -3.93. The number of hydrogen-bond donors (Lipinski definition) is 1. The molecule has 6 heteroatoms. The molecule has 1 N–H and O–H groups in total. The number of amides is 1. The highest BCUT2D eigenvalue weighted by Gasteiger charge is 2.10. The third-order valence-corrected chi connectivity index (χ3v) is 4.23. The lowest BCUT2D eigenvalue weighted by molar-refractivity contribution is 0.102. The van der Waals surface area contributed by atoms with Crippen LogP contribution in [0.5, 0.6) is 5.75 Å². The lowest BCUT2D eigenvalue weighted by Crippen LogP contribution is -2.11. The van der Waals surface area contributed by atoms with E-state index < -0.39 is 0 Å². The van der Waals surface area contributed by atoms with Gasteiger partial charge < -0.3 is 14.6 Å². The molecule has 0 atom stereocenters. The minimum absolute atomic E-state index is 0.134. The number of ether oxygens (including phenoxy) is 1. The molecule has 1 heterocycles. The van der Waals surface area contributed by atoms with Crippen LogP contribution in [0.1, 0.15) is 21.8 Å². The van der Waals surface area contributed by atoms with E-state index in [0.29, 0.717) is 28.7 Å². The number of benzene rings is 3. The second-order valence-corrected chi connectivity index (χ2v) is 6.52. The lowest BCUT2D eigenvalue weighted by atomic mass is 10.1. The van der Waals surface area contributed by atoms with Gasteiger partial charge >= 0.3 is 0 Å². The predicted molar refractivity (Wildman–Crippen MR) is 110 cm³/mol. The number of aryl methyl sites for hydroxylation is 1. The maximum atomic E-state index is 12.3. The standard InChI is InChI=1S/C23H19N3O3/c1-16-7-5-10-18(13-16)22-25-21(29-26-22)15-28-20-12-6-11-19(14-20)24-23(27)17-8-3-2-4-9-17/h2-14H,15H2,1H3,(H,24,27). The molecular weight excluding hydrogens is 366 g/mol. The molecule has 0 saturated heterocycles. The minimum Gasteiger partial charge on any atom is -0.484 e. The molecule has 6 nitrogen and oxygen atoms in total. The smallest absolute Gasteiger partial charge is 0.264 e. The second-order valence-electron chi connectivity index (χ2n) is 6.52. The highest BCUT2D eigenvalue weighted by molar-refractivity contribution is 6.04. The normalized spacial score (nSPS) is 10.5. The van der Waals surface area contributed by atoms with Gasteiger partial charge in [0.1, 0.15) is 5.75 Å². The van der Waals surface area contributed by atoms with Gasteiger partial charge in [0, 0.05) is 22.9 Å². The first-order chi connectivity index (χ1) is 14.2. The molecule has 0 saturated carbocycles. The van der Waals surface area contributed by atoms with Crippen LogP contribution in [-0.4, -0.2) is 16.0 Å². The van der Waals surface area contributed by atoms with Crippen molar-refractivity contribution in [3.63, 3.8) is 0 Å². The Morgan fingerprint density at radius 1 is 1.00 bits per heavy atom. The number of nitrogens with one attached hydrogen (secondary N) is 1. The summed E-state index contributed by atoms with van der Waals surface area (Å²) >= 11 is 0. The van der Waals surface area contributed by atoms with Gasteiger partial charge in [0.2, 0.25) is 5.82 Å². The molecule has 0 aliphatic heterocycles. The van der Waals surface area contributed by atoms with Gasteiger partial charge in [-0.05, 0) is 37.3 Å². The summed E-state index contributed by atoms with van der Waals surface area (Å²) in [7, 11) is 0. The van der Waals surface area contributed by atoms with Gasteiger partial charge in [-0.3, -0.25) is 4.79 Å². The van der Waals surface area contributed by atoms with E-state index in [1.54, 1.807) is 30.3 Å². The average molecular weight is 385 g/mol. The first kappa shape index (κ1) is 18.4. The van der Waals surface area contributed by atoms with Crippen molar-refractivity contribution in [2.24, 2.45) is 0 Å². The summed E-state index contributed by atoms with van der Waals surface area (Å²) in [5, 5.41) is 6.86. The highest BCUT2D eigenvalue weighted by atomic mass is 16.5. The summed E-state index contributed by atoms with van der Waals surface area (Å²) in [4.78, 5) is 16.7. The zero-order valence-electron chi connectivity index (χ0n) is 15.8. The zero-order chi connectivity index (χ0) is 20.1. The van der Waals surface area contributed by atoms with Crippen molar-refractivity contribution in [2.45, 2.75) is 13.5 Å². The van der Waals surface area contributed by atoms with E-state index in [-0.39, 0.29) is 12.5 Å². The number of anilines is 1. The summed E-state index contributed by atoms with van der Waals surface area (Å²) in [6, 6.07) is 24.1. The van der Waals surface area contributed by atoms with Crippen LogP contribution in [0.3, 0.4) is 0 Å². The van der Waals surface area contributed by atoms with E-state index >= 15 is 0 Å². The number of carbonyl (C=O) groups is 1. The van der Waals surface area contributed by atoms with Crippen LogP contribution in [0.15, 0.2) is 83.4 Å². The number of rotatable bonds is 6. The molecule has 1 amide bonds. The lowest BCUT2D eigenvalue weighted by Gasteiger charge is -2.08. The topological polar surface area (TPSA) is 77.3 Å². The minimum atomic E-state index is -0.178. The van der Waals surface area contributed by atoms with Crippen molar-refractivity contribution in [3.05, 3.63) is 95.9 Å². The van der Waals surface area contributed by atoms with Crippen LogP contribution in [0.4, 0.5) is 5.69 Å². The average Bonchev–Trinajstić information content (AvgIpc) is 3.22. The van der Waals surface area contributed by atoms with E-state index in [1.807, 2.05) is 55.5 Å². The van der Waals surface area contributed by atoms with Crippen LogP contribution >= 0.6 is 0 Å². The Morgan fingerprint density at radius 3 is 2.66 bits per heavy atom. The van der Waals surface area contributed by atoms with Gasteiger partial charge in [0.05, 0.1) is 0 Å². The van der Waals surface area contributed by atoms with Crippen LogP contribution in [0.25, 0.3) is 11.4 Å². The van der Waals surface area contributed by atoms with Crippen molar-refractivity contribution >= 4 is 11.6 Å². The number of aromatic nitrogens is 2. The fourth-order valence-corrected chi connectivity index (χ4v) is 2.82. The van der Waals surface area contributed by atoms with Gasteiger partial charge in [-0.1, -0.05) is 53.2 Å². The molecule has 0 aliphatic carbocycles. The van der Waals surface area contributed by atoms with Crippen molar-refractivity contribution in [1.82, 2.24) is 10.1 Å². The fraction of sp³-hybridized carbons (Fsp3) is 0.0870. The van der Waals surface area contributed by atoms with E-state index in [0.717, 1.165) is 11.1 Å². The molecule has 144 valence electrons. The van der Waals surface area contributed by atoms with E-state index in [9.17, 15) is 4.79 Å². The second kappa shape index (κ2) is 8.39. The Morgan fingerprint density at radius 2 is 1.83 bits per heavy atom. The summed E-state index contributed by atoms with van der Waals surface area (Å²) in [5.41, 5.74) is 3.25. The quantitative estimate of drug-likeness (QED) is 0.512. The molecule has 0 fully saturated rings. The molecule has 4 aromatic rings. The number of nitrogens with zero attached hydrogens (tertiary/aromatic N) is 2. The van der Waals surface area contributed by atoms with Crippen LogP contribution in [0, 0.1) is 6.92 Å². The fourth-order valence-electron chi connectivity index (χ4n) is 2.82. The van der Waals surface area contributed by atoms with E-state index in [4.69, 9.17) is 9.26 Å². The van der Waals surface area contributed by atoms with Crippen molar-refractivity contribution < 1.29 is 14.1 Å². The Bertz CT molecular complexity index is 1120. The first-order valence-corrected chi connectivity index (χ1v) is 9.16. The van der Waals surface area contributed by atoms with Gasteiger partial charge in [-0.2, -0.15) is 4.98 Å². The SMILES string of the molecule is Cc1cccc(-c2noc(COc3cccc(NC(=O)c4ccccc4)c3)n2)c1. The van der Waals surface area contributed by atoms with Crippen LogP contribution in [-0.2, 0) is 6.61 Å². The third-order valence-electron chi connectivity index (χ3n) is 4.23. The summed E-state index contributed by atoms with van der Waals surface area (Å²) in [6.07, 6.45) is 0. The summed E-state index contributed by atoms with van der Waals surface area (Å²) in [6.45, 7) is 2.14. The Kier molecular flexibility index (Phi) is 5.33. The first-order valence-electron chi connectivity index (χ1n) is 9.16. The van der Waals surface area contributed by atoms with Crippen LogP contribution in [0.2, 0.25) is 0 Å². The summed E-state index contributed by atoms with van der Waals surface area (Å²) in [5.74, 6) is 1.31. The maximum Gasteiger partial charge on any atom is 0.264 e. The maximum absolute atomic E-state index is 12.3. The van der Waals surface area contributed by atoms with E-state index in [2.05, 4.69) is 15.5 Å². The molecule has 0 bridgehead atoms. The number of carbonyl (C=O) groups excluding carboxylic acids is 1. The monoisotopic (exact) mass is 385 g/mol. The third kappa shape index (κ3) is 4.68. The van der Waals surface area contributed by atoms with Crippen molar-refractivity contribution in [2.75, 3.05) is 5.32 Å². The molecule has 4 rings (SSSR count). The largest absolute Gasteiger partial charge is 0.484 e. The molecule has 0 aliphatic rings. The molecule has 0 radical (unpaired) electrons. The summed E-state index contributed by atoms with van der Waals surface area (Å²) < 4.78 is 11.0. The molecule has 0 unspecified atom stereocenters. The van der Waals surface area contributed by atoms with Gasteiger partial charge in [0.15, 0.2) is 6.61 Å². The van der Waals surface area contributed by atoms with Crippen LogP contribution < -0.4 is 10.1 Å². The zero-order valence-corrected chi connectivity index (χ0v) is 15.8. The van der Waals surface area contributed by atoms with Crippen molar-refractivity contribution in [1.29, 1.82) is 0 Å². The molecule has 0 spiro atoms. The molecule has 3 aromatic carbocycles. The van der Waals surface area contributed by atoms with Crippen molar-refractivity contribution in [3.8, 4) is 17.1 Å². The number of hydrogen-bond acceptors (Lipinski definition) is 5. The Labute approximate surface area is 168 Å². The van der Waals surface area contributed by atoms with Gasteiger partial charge in [-0.15, -0.1) is 0 Å². The highest BCUT2D eigenvalue weighted by Crippen LogP contribution is 2.21. The van der Waals surface area contributed by atoms with Gasteiger partial charge in [-0.25, -0.2) is 0 Å².